The molecule has 1 aromatic rings. The first-order valence-corrected chi connectivity index (χ1v) is 8.11. The second kappa shape index (κ2) is 4.74. The molecule has 0 saturated carbocycles. The molecule has 0 aromatic heterocycles. The highest BCUT2D eigenvalue weighted by Gasteiger charge is 2.29. The first-order valence-electron chi connectivity index (χ1n) is 6.57. The smallest absolute Gasteiger partial charge is 0.200 e. The second-order valence-corrected chi connectivity index (χ2v) is 6.93. The van der Waals surface area contributed by atoms with Gasteiger partial charge in [0.15, 0.2) is 0 Å². The molecule has 0 amide bonds. The molecule has 2 aliphatic heterocycles. The van der Waals surface area contributed by atoms with Gasteiger partial charge in [0.05, 0.1) is 4.90 Å². The van der Waals surface area contributed by atoms with Gasteiger partial charge in [-0.05, 0) is 24.1 Å². The van der Waals surface area contributed by atoms with E-state index in [0.29, 0.717) is 4.90 Å². The Hall–Kier alpha value is -1.17. The second-order valence-electron chi connectivity index (χ2n) is 5.16. The summed E-state index contributed by atoms with van der Waals surface area (Å²) in [6, 6.07) is 5.50. The van der Waals surface area contributed by atoms with Crippen molar-refractivity contribution in [1.29, 1.82) is 0 Å². The third kappa shape index (κ3) is 2.33. The molecule has 1 fully saturated rings. The fourth-order valence-corrected chi connectivity index (χ4v) is 4.36. The van der Waals surface area contributed by atoms with Gasteiger partial charge >= 0.3 is 0 Å². The number of aryl methyl sites for hydroxylation is 1. The van der Waals surface area contributed by atoms with Crippen LogP contribution in [0.25, 0.3) is 5.57 Å². The summed E-state index contributed by atoms with van der Waals surface area (Å²) < 4.78 is 24.3. The van der Waals surface area contributed by atoms with E-state index in [0.717, 1.165) is 49.4 Å². The highest BCUT2D eigenvalue weighted by Crippen LogP contribution is 2.35. The lowest BCUT2D eigenvalue weighted by Gasteiger charge is -2.27. The van der Waals surface area contributed by atoms with Crippen LogP contribution in [0.4, 0.5) is 0 Å². The summed E-state index contributed by atoms with van der Waals surface area (Å²) in [7, 11) is -3.23. The number of nitrogens with zero attached hydrogens (tertiary/aromatic N) is 1. The van der Waals surface area contributed by atoms with Gasteiger partial charge in [0.2, 0.25) is 9.84 Å². The van der Waals surface area contributed by atoms with E-state index < -0.39 is 9.84 Å². The molecule has 0 aliphatic carbocycles. The average molecular weight is 278 g/mol. The van der Waals surface area contributed by atoms with Gasteiger partial charge in [-0.3, -0.25) is 4.90 Å². The maximum Gasteiger partial charge on any atom is 0.200 e. The van der Waals surface area contributed by atoms with Crippen LogP contribution in [-0.2, 0) is 9.84 Å². The van der Waals surface area contributed by atoms with E-state index in [1.807, 2.05) is 19.1 Å². The van der Waals surface area contributed by atoms with Crippen molar-refractivity contribution in [2.24, 2.45) is 0 Å². The van der Waals surface area contributed by atoms with Gasteiger partial charge in [-0.1, -0.05) is 12.1 Å². The lowest BCUT2D eigenvalue weighted by Crippen LogP contribution is -2.43. The van der Waals surface area contributed by atoms with Crippen LogP contribution in [0.2, 0.25) is 0 Å². The molecule has 2 aliphatic rings. The molecule has 5 heteroatoms. The van der Waals surface area contributed by atoms with E-state index in [9.17, 15) is 8.42 Å². The number of sulfone groups is 1. The summed E-state index contributed by atoms with van der Waals surface area (Å²) in [6.07, 6.45) is 0. The van der Waals surface area contributed by atoms with E-state index in [4.69, 9.17) is 0 Å². The fourth-order valence-electron chi connectivity index (χ4n) is 2.83. The Kier molecular flexibility index (Phi) is 3.20. The van der Waals surface area contributed by atoms with Crippen molar-refractivity contribution >= 4 is 15.4 Å². The van der Waals surface area contributed by atoms with Crippen molar-refractivity contribution < 1.29 is 8.42 Å². The number of fused-ring (bicyclic) bond motifs is 1. The van der Waals surface area contributed by atoms with Crippen molar-refractivity contribution in [2.45, 2.75) is 11.8 Å². The van der Waals surface area contributed by atoms with Crippen LogP contribution in [0.3, 0.4) is 0 Å². The van der Waals surface area contributed by atoms with Gasteiger partial charge in [0, 0.05) is 43.7 Å². The van der Waals surface area contributed by atoms with Crippen molar-refractivity contribution in [1.82, 2.24) is 10.2 Å². The number of benzene rings is 1. The van der Waals surface area contributed by atoms with Crippen LogP contribution in [-0.4, -0.2) is 46.0 Å². The summed E-state index contributed by atoms with van der Waals surface area (Å²) in [4.78, 5) is 2.77. The predicted molar refractivity (Wildman–Crippen MR) is 75.7 cm³/mol. The topological polar surface area (TPSA) is 49.4 Å². The van der Waals surface area contributed by atoms with E-state index >= 15 is 0 Å². The minimum atomic E-state index is -3.23. The molecule has 0 bridgehead atoms. The van der Waals surface area contributed by atoms with Gasteiger partial charge in [0.25, 0.3) is 0 Å². The van der Waals surface area contributed by atoms with Crippen LogP contribution in [0.1, 0.15) is 11.1 Å². The Morgan fingerprint density at radius 2 is 2.00 bits per heavy atom. The predicted octanol–water partition coefficient (Wildman–Crippen LogP) is 1.03. The third-order valence-electron chi connectivity index (χ3n) is 3.76. The summed E-state index contributed by atoms with van der Waals surface area (Å²) >= 11 is 0. The molecular formula is C14H18N2O2S. The zero-order chi connectivity index (χ0) is 13.5. The van der Waals surface area contributed by atoms with Crippen molar-refractivity contribution in [3.05, 3.63) is 34.7 Å². The lowest BCUT2D eigenvalue weighted by atomic mass is 10.0. The lowest BCUT2D eigenvalue weighted by molar-refractivity contribution is 0.268. The van der Waals surface area contributed by atoms with Crippen molar-refractivity contribution in [3.63, 3.8) is 0 Å². The summed E-state index contributed by atoms with van der Waals surface area (Å²) in [5.41, 5.74) is 2.90. The van der Waals surface area contributed by atoms with E-state index in [2.05, 4.69) is 10.2 Å². The van der Waals surface area contributed by atoms with Crippen LogP contribution in [0.5, 0.6) is 0 Å². The molecule has 0 atom stereocenters. The molecule has 4 nitrogen and oxygen atoms in total. The standard InChI is InChI=1S/C14H18N2O2S/c1-11-3-2-4-13-14(11)12(10-19(13,17)18)9-16-7-5-15-6-8-16/h2-4,10,15H,5-9H2,1H3. The van der Waals surface area contributed by atoms with Gasteiger partial charge in [0.1, 0.15) is 0 Å². The van der Waals surface area contributed by atoms with Crippen molar-refractivity contribution in [3.8, 4) is 0 Å². The average Bonchev–Trinajstić information content (AvgIpc) is 2.63. The first-order chi connectivity index (χ1) is 9.08. The first kappa shape index (κ1) is 12.8. The van der Waals surface area contributed by atoms with Gasteiger partial charge in [-0.2, -0.15) is 0 Å². The van der Waals surface area contributed by atoms with Crippen LogP contribution < -0.4 is 5.32 Å². The Morgan fingerprint density at radius 1 is 1.26 bits per heavy atom. The van der Waals surface area contributed by atoms with E-state index in [1.165, 1.54) is 5.41 Å². The summed E-state index contributed by atoms with van der Waals surface area (Å²) in [5.74, 6) is 0. The normalized spacial score (nSPS) is 22.1. The Labute approximate surface area is 114 Å². The Bertz CT molecular complexity index is 629. The maximum atomic E-state index is 12.2. The van der Waals surface area contributed by atoms with Gasteiger partial charge in [-0.15, -0.1) is 0 Å². The molecule has 19 heavy (non-hydrogen) atoms. The number of piperazine rings is 1. The quantitative estimate of drug-likeness (QED) is 0.878. The summed E-state index contributed by atoms with van der Waals surface area (Å²) in [5, 5.41) is 4.76. The van der Waals surface area contributed by atoms with Crippen molar-refractivity contribution in [2.75, 3.05) is 32.7 Å². The van der Waals surface area contributed by atoms with Gasteiger partial charge < -0.3 is 5.32 Å². The molecule has 1 aromatic carbocycles. The molecular weight excluding hydrogens is 260 g/mol. The minimum absolute atomic E-state index is 0.470. The molecule has 3 rings (SSSR count). The van der Waals surface area contributed by atoms with E-state index in [1.54, 1.807) is 6.07 Å². The highest BCUT2D eigenvalue weighted by atomic mass is 32.2. The maximum absolute atomic E-state index is 12.2. The largest absolute Gasteiger partial charge is 0.314 e. The molecule has 1 saturated heterocycles. The number of hydrogen-bond acceptors (Lipinski definition) is 4. The Morgan fingerprint density at radius 3 is 2.74 bits per heavy atom. The number of nitrogens with one attached hydrogen (secondary N) is 1. The molecule has 0 spiro atoms. The molecule has 2 heterocycles. The van der Waals surface area contributed by atoms with Gasteiger partial charge in [-0.25, -0.2) is 8.42 Å². The molecule has 1 N–H and O–H groups in total. The number of hydrogen-bond donors (Lipinski definition) is 1. The molecule has 0 radical (unpaired) electrons. The monoisotopic (exact) mass is 278 g/mol. The third-order valence-corrected chi connectivity index (χ3v) is 5.31. The zero-order valence-electron chi connectivity index (χ0n) is 11.0. The SMILES string of the molecule is Cc1cccc2c1C(CN1CCNCC1)=CS2(=O)=O. The summed E-state index contributed by atoms with van der Waals surface area (Å²) in [6.45, 7) is 6.59. The molecule has 102 valence electrons. The van der Waals surface area contributed by atoms with E-state index in [-0.39, 0.29) is 0 Å². The fraction of sp³-hybridized carbons (Fsp3) is 0.429. The van der Waals surface area contributed by atoms with Crippen LogP contribution in [0.15, 0.2) is 28.5 Å². The zero-order valence-corrected chi connectivity index (χ0v) is 11.8. The van der Waals surface area contributed by atoms with Crippen LogP contribution in [0, 0.1) is 6.92 Å². The highest BCUT2D eigenvalue weighted by molar-refractivity contribution is 7.95. The minimum Gasteiger partial charge on any atom is -0.314 e. The Balaban J connectivity index is 1.95. The molecule has 0 unspecified atom stereocenters. The number of rotatable bonds is 2. The van der Waals surface area contributed by atoms with Crippen LogP contribution >= 0.6 is 0 Å².